The van der Waals surface area contributed by atoms with Crippen molar-refractivity contribution in [1.29, 1.82) is 0 Å². The number of pyridine rings is 2. The zero-order valence-electron chi connectivity index (χ0n) is 21.8. The number of carbonyl (C=O) groups is 1. The summed E-state index contributed by atoms with van der Waals surface area (Å²) in [5.41, 5.74) is 10.8. The average Bonchev–Trinajstić information content (AvgIpc) is 3.16. The number of morpholine rings is 1. The Morgan fingerprint density at radius 3 is 2.63 bits per heavy atom. The number of nitrogens with one attached hydrogen (secondary N) is 1. The number of hydrogen-bond acceptors (Lipinski definition) is 11. The summed E-state index contributed by atoms with van der Waals surface area (Å²) in [6, 6.07) is 5.75. The quantitative estimate of drug-likeness (QED) is 0.410. The summed E-state index contributed by atoms with van der Waals surface area (Å²) in [6.45, 7) is 3.51. The number of carbonyl (C=O) groups excluding carboxylic acids is 1. The molecule has 1 unspecified atom stereocenters. The molecule has 6 heterocycles. The number of aromatic nitrogens is 4. The van der Waals surface area contributed by atoms with Crippen molar-refractivity contribution in [2.24, 2.45) is 11.7 Å². The molecule has 0 aromatic carbocycles. The SMILES string of the molecule is Nc1ncc(-c2nc(N3CCOCC3)ccc2C(F)(F)F)nc1C(=O)Nc1ncccc1N1CC2CO[C@H](C1)[C@H]2N. The molecule has 12 nitrogen and oxygen atoms in total. The average molecular weight is 572 g/mol. The lowest BCUT2D eigenvalue weighted by Gasteiger charge is -2.36. The van der Waals surface area contributed by atoms with Crippen molar-refractivity contribution in [2.75, 3.05) is 66.8 Å². The summed E-state index contributed by atoms with van der Waals surface area (Å²) in [5, 5.41) is 2.70. The van der Waals surface area contributed by atoms with Gasteiger partial charge in [-0.05, 0) is 24.3 Å². The molecule has 15 heteroatoms. The number of fused-ring (bicyclic) bond motifs is 2. The Hall–Kier alpha value is -4.08. The maximum absolute atomic E-state index is 14.0. The molecular formula is C26H28F3N9O3. The van der Waals surface area contributed by atoms with Crippen LogP contribution in [0.2, 0.25) is 0 Å². The van der Waals surface area contributed by atoms with Crippen molar-refractivity contribution in [3.8, 4) is 11.4 Å². The standard InChI is InChI=1S/C26H28F3N9O3/c27-26(28,29)15-3-4-19(37-6-8-40-9-7-37)35-21(15)16-10-33-23(31)22(34-16)25(39)36-24-17(2-1-5-32-24)38-11-14-13-41-18(12-38)20(14)30/h1-5,10,14,18,20H,6-9,11-13,30H2,(H2,31,33)(H,32,36,39)/t14?,18-,20+/m1/s1. The number of hydrogen-bond donors (Lipinski definition) is 3. The van der Waals surface area contributed by atoms with Crippen molar-refractivity contribution in [3.05, 3.63) is 47.9 Å². The number of alkyl halides is 3. The van der Waals surface area contributed by atoms with Gasteiger partial charge in [-0.2, -0.15) is 13.2 Å². The zero-order valence-corrected chi connectivity index (χ0v) is 21.8. The Balaban J connectivity index is 1.31. The second kappa shape index (κ2) is 10.7. The van der Waals surface area contributed by atoms with Gasteiger partial charge < -0.3 is 36.1 Å². The molecule has 0 saturated carbocycles. The second-order valence-corrected chi connectivity index (χ2v) is 10.1. The topological polar surface area (TPSA) is 158 Å². The maximum atomic E-state index is 14.0. The van der Waals surface area contributed by atoms with Gasteiger partial charge in [-0.3, -0.25) is 4.79 Å². The Morgan fingerprint density at radius 2 is 1.88 bits per heavy atom. The van der Waals surface area contributed by atoms with Crippen LogP contribution in [0.4, 0.5) is 36.3 Å². The fourth-order valence-electron chi connectivity index (χ4n) is 5.33. The number of rotatable bonds is 5. The molecule has 0 spiro atoms. The fraction of sp³-hybridized carbons (Fsp3) is 0.423. The molecular weight excluding hydrogens is 543 g/mol. The third-order valence-corrected chi connectivity index (χ3v) is 7.49. The molecule has 41 heavy (non-hydrogen) atoms. The lowest BCUT2D eigenvalue weighted by molar-refractivity contribution is -0.137. The van der Waals surface area contributed by atoms with E-state index in [1.807, 2.05) is 9.80 Å². The maximum Gasteiger partial charge on any atom is 0.418 e. The van der Waals surface area contributed by atoms with Crippen LogP contribution in [0.3, 0.4) is 0 Å². The summed E-state index contributed by atoms with van der Waals surface area (Å²) >= 11 is 0. The van der Waals surface area contributed by atoms with E-state index in [0.29, 0.717) is 57.5 Å². The minimum absolute atomic E-state index is 0.0595. The third kappa shape index (κ3) is 5.35. The zero-order chi connectivity index (χ0) is 28.7. The molecule has 3 atom stereocenters. The summed E-state index contributed by atoms with van der Waals surface area (Å²) in [6.07, 6.45) is -2.27. The van der Waals surface area contributed by atoms with Crippen LogP contribution in [0.25, 0.3) is 11.4 Å². The molecule has 3 aromatic rings. The van der Waals surface area contributed by atoms with Gasteiger partial charge in [0.05, 0.1) is 43.4 Å². The van der Waals surface area contributed by atoms with Crippen LogP contribution in [0.5, 0.6) is 0 Å². The molecule has 6 rings (SSSR count). The molecule has 3 saturated heterocycles. The van der Waals surface area contributed by atoms with E-state index in [4.69, 9.17) is 20.9 Å². The molecule has 216 valence electrons. The lowest BCUT2D eigenvalue weighted by Crippen LogP contribution is -2.52. The highest BCUT2D eigenvalue weighted by Crippen LogP contribution is 2.37. The van der Waals surface area contributed by atoms with Crippen molar-refractivity contribution in [3.63, 3.8) is 0 Å². The van der Waals surface area contributed by atoms with Crippen LogP contribution in [0.15, 0.2) is 36.7 Å². The third-order valence-electron chi connectivity index (χ3n) is 7.49. The largest absolute Gasteiger partial charge is 0.418 e. The number of nitrogen functional groups attached to an aromatic ring is 1. The second-order valence-electron chi connectivity index (χ2n) is 10.1. The van der Waals surface area contributed by atoms with E-state index in [0.717, 1.165) is 12.3 Å². The summed E-state index contributed by atoms with van der Waals surface area (Å²) in [4.78, 5) is 34.0. The Kier molecular flexibility index (Phi) is 7.09. The Labute approximate surface area is 232 Å². The van der Waals surface area contributed by atoms with E-state index in [9.17, 15) is 18.0 Å². The van der Waals surface area contributed by atoms with E-state index < -0.39 is 23.3 Å². The van der Waals surface area contributed by atoms with E-state index in [2.05, 4.69) is 25.3 Å². The van der Waals surface area contributed by atoms with Crippen molar-refractivity contribution < 1.29 is 27.4 Å². The van der Waals surface area contributed by atoms with Crippen LogP contribution in [0.1, 0.15) is 16.1 Å². The minimum Gasteiger partial charge on any atom is -0.382 e. The van der Waals surface area contributed by atoms with Gasteiger partial charge in [-0.15, -0.1) is 0 Å². The van der Waals surface area contributed by atoms with Gasteiger partial charge in [0, 0.05) is 44.3 Å². The lowest BCUT2D eigenvalue weighted by atomic mass is 9.94. The monoisotopic (exact) mass is 571 g/mol. The fourth-order valence-corrected chi connectivity index (χ4v) is 5.33. The van der Waals surface area contributed by atoms with Gasteiger partial charge in [0.2, 0.25) is 0 Å². The smallest absolute Gasteiger partial charge is 0.382 e. The van der Waals surface area contributed by atoms with Gasteiger partial charge in [0.15, 0.2) is 17.3 Å². The van der Waals surface area contributed by atoms with E-state index in [1.165, 1.54) is 12.3 Å². The predicted molar refractivity (Wildman–Crippen MR) is 143 cm³/mol. The highest BCUT2D eigenvalue weighted by Gasteiger charge is 2.42. The first-order valence-corrected chi connectivity index (χ1v) is 13.1. The number of ether oxygens (including phenoxy) is 2. The number of nitrogens with two attached hydrogens (primary N) is 2. The first-order chi connectivity index (χ1) is 19.7. The molecule has 0 radical (unpaired) electrons. The molecule has 1 amide bonds. The Bertz CT molecular complexity index is 1440. The van der Waals surface area contributed by atoms with Gasteiger partial charge in [-0.1, -0.05) is 0 Å². The Morgan fingerprint density at radius 1 is 1.07 bits per heavy atom. The molecule has 3 fully saturated rings. The molecule has 0 aliphatic carbocycles. The van der Waals surface area contributed by atoms with Crippen LogP contribution < -0.4 is 26.6 Å². The number of amides is 1. The molecule has 3 aromatic heterocycles. The van der Waals surface area contributed by atoms with Crippen LogP contribution in [0, 0.1) is 5.92 Å². The summed E-state index contributed by atoms with van der Waals surface area (Å²) < 4.78 is 53.1. The van der Waals surface area contributed by atoms with Crippen molar-refractivity contribution in [2.45, 2.75) is 18.3 Å². The van der Waals surface area contributed by atoms with E-state index in [1.54, 1.807) is 12.1 Å². The van der Waals surface area contributed by atoms with Gasteiger partial charge in [0.25, 0.3) is 5.91 Å². The van der Waals surface area contributed by atoms with E-state index in [-0.39, 0.29) is 41.1 Å². The number of halogens is 3. The highest BCUT2D eigenvalue weighted by atomic mass is 19.4. The number of piperidine rings is 1. The van der Waals surface area contributed by atoms with Crippen LogP contribution in [-0.4, -0.2) is 84.0 Å². The first-order valence-electron chi connectivity index (χ1n) is 13.1. The number of nitrogens with zero attached hydrogens (tertiary/aromatic N) is 6. The normalized spacial score (nSPS) is 22.6. The summed E-state index contributed by atoms with van der Waals surface area (Å²) in [7, 11) is 0. The molecule has 2 bridgehead atoms. The van der Waals surface area contributed by atoms with E-state index >= 15 is 0 Å². The molecule has 3 aliphatic heterocycles. The first kappa shape index (κ1) is 27.1. The van der Waals surface area contributed by atoms with Gasteiger partial charge >= 0.3 is 6.18 Å². The molecule has 5 N–H and O–H groups in total. The van der Waals surface area contributed by atoms with Crippen LogP contribution >= 0.6 is 0 Å². The van der Waals surface area contributed by atoms with Crippen molar-refractivity contribution >= 4 is 29.0 Å². The molecule has 3 aliphatic rings. The minimum atomic E-state index is -4.72. The van der Waals surface area contributed by atoms with Gasteiger partial charge in [-0.25, -0.2) is 19.9 Å². The highest BCUT2D eigenvalue weighted by molar-refractivity contribution is 6.06. The number of anilines is 4. The van der Waals surface area contributed by atoms with Crippen molar-refractivity contribution in [1.82, 2.24) is 19.9 Å². The summed E-state index contributed by atoms with van der Waals surface area (Å²) in [5.74, 6) is -0.320. The van der Waals surface area contributed by atoms with Crippen LogP contribution in [-0.2, 0) is 15.7 Å². The predicted octanol–water partition coefficient (Wildman–Crippen LogP) is 1.79. The van der Waals surface area contributed by atoms with Gasteiger partial charge in [0.1, 0.15) is 17.2 Å².